The lowest BCUT2D eigenvalue weighted by Gasteiger charge is -2.12. The Labute approximate surface area is 129 Å². The monoisotopic (exact) mass is 294 g/mol. The number of aryl methyl sites for hydroxylation is 1. The van der Waals surface area contributed by atoms with E-state index in [-0.39, 0.29) is 17.7 Å². The van der Waals surface area contributed by atoms with Crippen LogP contribution in [0.25, 0.3) is 0 Å². The normalized spacial score (nSPS) is 19.7. The van der Waals surface area contributed by atoms with Crippen LogP contribution in [-0.4, -0.2) is 21.5 Å². The number of anilines is 1. The Balaban J connectivity index is 1.70. The van der Waals surface area contributed by atoms with E-state index in [0.717, 1.165) is 30.1 Å². The minimum Gasteiger partial charge on any atom is -0.310 e. The van der Waals surface area contributed by atoms with Gasteiger partial charge in [-0.05, 0) is 31.4 Å². The molecule has 0 spiro atoms. The Morgan fingerprint density at radius 2 is 2.09 bits per heavy atom. The zero-order valence-electron chi connectivity index (χ0n) is 12.7. The van der Waals surface area contributed by atoms with E-state index in [0.29, 0.717) is 5.82 Å². The van der Waals surface area contributed by atoms with Gasteiger partial charge in [-0.3, -0.25) is 4.79 Å². The molecule has 1 fully saturated rings. The predicted octanol–water partition coefficient (Wildman–Crippen LogP) is 3.24. The molecule has 1 aromatic heterocycles. The maximum atomic E-state index is 12.1. The molecule has 2 heterocycles. The van der Waals surface area contributed by atoms with Crippen LogP contribution in [0.3, 0.4) is 0 Å². The van der Waals surface area contributed by atoms with Gasteiger partial charge < -0.3 is 5.32 Å². The summed E-state index contributed by atoms with van der Waals surface area (Å²) in [6.07, 6.45) is 1.98. The molecule has 1 aliphatic carbocycles. The lowest BCUT2D eigenvalue weighted by molar-refractivity contribution is -0.117. The molecule has 1 aromatic carbocycles. The predicted molar refractivity (Wildman–Crippen MR) is 85.7 cm³/mol. The summed E-state index contributed by atoms with van der Waals surface area (Å²) in [5.41, 5.74) is 3.06. The fourth-order valence-corrected chi connectivity index (χ4v) is 2.88. The fourth-order valence-electron chi connectivity index (χ4n) is 2.88. The van der Waals surface area contributed by atoms with Gasteiger partial charge in [-0.1, -0.05) is 25.1 Å². The second-order valence-electron chi connectivity index (χ2n) is 6.10. The number of amides is 1. The minimum absolute atomic E-state index is 0.0879. The highest BCUT2D eigenvalue weighted by atomic mass is 16.2. The number of para-hydroxylation sites is 1. The molecule has 1 saturated carbocycles. The number of carbonyl (C=O) groups is 1. The summed E-state index contributed by atoms with van der Waals surface area (Å²) >= 11 is 0. The van der Waals surface area contributed by atoms with Crippen LogP contribution in [-0.2, 0) is 4.79 Å². The summed E-state index contributed by atoms with van der Waals surface area (Å²) in [6.45, 7) is 4.05. The maximum Gasteiger partial charge on any atom is 0.228 e. The van der Waals surface area contributed by atoms with Crippen LogP contribution in [0.15, 0.2) is 35.3 Å². The largest absolute Gasteiger partial charge is 0.310 e. The third-order valence-corrected chi connectivity index (χ3v) is 4.27. The van der Waals surface area contributed by atoms with Gasteiger partial charge in [0.2, 0.25) is 5.91 Å². The third-order valence-electron chi connectivity index (χ3n) is 4.27. The van der Waals surface area contributed by atoms with Crippen molar-refractivity contribution in [3.8, 4) is 0 Å². The Morgan fingerprint density at radius 3 is 2.82 bits per heavy atom. The van der Waals surface area contributed by atoms with Crippen LogP contribution in [0.2, 0.25) is 0 Å². The molecule has 5 heteroatoms. The van der Waals surface area contributed by atoms with Gasteiger partial charge in [0.1, 0.15) is 11.7 Å². The molecule has 112 valence electrons. The number of hydrogen-bond donors (Lipinski definition) is 1. The van der Waals surface area contributed by atoms with Crippen LogP contribution >= 0.6 is 0 Å². The third kappa shape index (κ3) is 2.13. The number of benzene rings is 1. The van der Waals surface area contributed by atoms with E-state index in [4.69, 9.17) is 4.99 Å². The average Bonchev–Trinajstić information content (AvgIpc) is 3.23. The van der Waals surface area contributed by atoms with E-state index in [2.05, 4.69) is 23.4 Å². The zero-order valence-corrected chi connectivity index (χ0v) is 12.7. The van der Waals surface area contributed by atoms with Gasteiger partial charge in [-0.15, -0.1) is 0 Å². The van der Waals surface area contributed by atoms with E-state index in [1.165, 1.54) is 5.56 Å². The van der Waals surface area contributed by atoms with Crippen molar-refractivity contribution in [2.24, 2.45) is 10.9 Å². The molecule has 0 bridgehead atoms. The second-order valence-corrected chi connectivity index (χ2v) is 6.10. The van der Waals surface area contributed by atoms with Crippen LogP contribution < -0.4 is 5.32 Å². The van der Waals surface area contributed by atoms with Gasteiger partial charge >= 0.3 is 0 Å². The van der Waals surface area contributed by atoms with E-state index in [1.807, 2.05) is 31.2 Å². The Hall–Kier alpha value is -2.43. The van der Waals surface area contributed by atoms with Crippen LogP contribution in [0.4, 0.5) is 11.5 Å². The van der Waals surface area contributed by atoms with Gasteiger partial charge in [0.05, 0.1) is 11.4 Å². The first kappa shape index (κ1) is 13.2. The van der Waals surface area contributed by atoms with Gasteiger partial charge in [0.25, 0.3) is 0 Å². The van der Waals surface area contributed by atoms with Crippen molar-refractivity contribution in [2.75, 3.05) is 5.32 Å². The molecule has 5 nitrogen and oxygen atoms in total. The highest BCUT2D eigenvalue weighted by Gasteiger charge is 2.32. The number of fused-ring (bicyclic) bond motifs is 1. The van der Waals surface area contributed by atoms with E-state index in [9.17, 15) is 4.79 Å². The highest BCUT2D eigenvalue weighted by molar-refractivity contribution is 6.01. The van der Waals surface area contributed by atoms with Crippen molar-refractivity contribution in [2.45, 2.75) is 32.6 Å². The molecule has 1 amide bonds. The first-order valence-electron chi connectivity index (χ1n) is 7.69. The molecule has 1 aliphatic heterocycles. The molecule has 22 heavy (non-hydrogen) atoms. The van der Waals surface area contributed by atoms with Gasteiger partial charge in [0.15, 0.2) is 0 Å². The number of rotatable bonds is 2. The quantitative estimate of drug-likeness (QED) is 0.924. The summed E-state index contributed by atoms with van der Waals surface area (Å²) in [5.74, 6) is 1.99. The number of nitrogens with one attached hydrogen (secondary N) is 1. The zero-order chi connectivity index (χ0) is 15.3. The van der Waals surface area contributed by atoms with Gasteiger partial charge in [0, 0.05) is 17.9 Å². The Kier molecular flexibility index (Phi) is 2.89. The van der Waals surface area contributed by atoms with Crippen molar-refractivity contribution in [1.29, 1.82) is 0 Å². The molecular weight excluding hydrogens is 276 g/mol. The Morgan fingerprint density at radius 1 is 1.32 bits per heavy atom. The van der Waals surface area contributed by atoms with Crippen molar-refractivity contribution >= 4 is 23.2 Å². The summed E-state index contributed by atoms with van der Waals surface area (Å²) in [4.78, 5) is 16.8. The molecule has 1 unspecified atom stereocenters. The number of nitrogens with zero attached hydrogens (tertiary/aromatic N) is 3. The summed E-state index contributed by atoms with van der Waals surface area (Å²) in [6, 6.07) is 10.0. The van der Waals surface area contributed by atoms with E-state index in [1.54, 1.807) is 4.68 Å². The second kappa shape index (κ2) is 4.80. The van der Waals surface area contributed by atoms with E-state index >= 15 is 0 Å². The SMILES string of the molecule is Cc1cc(NC(=O)C2CC2)n(C2=Nc3ccccc3C2C)n1. The molecule has 1 N–H and O–H groups in total. The minimum atomic E-state index is 0.0879. The van der Waals surface area contributed by atoms with E-state index < -0.39 is 0 Å². The summed E-state index contributed by atoms with van der Waals surface area (Å²) in [7, 11) is 0. The first-order chi connectivity index (χ1) is 10.6. The average molecular weight is 294 g/mol. The molecule has 2 aromatic rings. The Bertz CT molecular complexity index is 786. The smallest absolute Gasteiger partial charge is 0.228 e. The number of carbonyl (C=O) groups excluding carboxylic acids is 1. The maximum absolute atomic E-state index is 12.1. The van der Waals surface area contributed by atoms with Gasteiger partial charge in [-0.2, -0.15) is 5.10 Å². The topological polar surface area (TPSA) is 59.3 Å². The summed E-state index contributed by atoms with van der Waals surface area (Å²) in [5, 5.41) is 7.53. The van der Waals surface area contributed by atoms with Crippen LogP contribution in [0, 0.1) is 12.8 Å². The first-order valence-corrected chi connectivity index (χ1v) is 7.69. The molecule has 2 aliphatic rings. The molecular formula is C17H18N4O. The van der Waals surface area contributed by atoms with Crippen LogP contribution in [0.1, 0.15) is 36.9 Å². The lowest BCUT2D eigenvalue weighted by Crippen LogP contribution is -2.23. The number of hydrogen-bond acceptors (Lipinski definition) is 3. The van der Waals surface area contributed by atoms with Crippen molar-refractivity contribution in [3.05, 3.63) is 41.6 Å². The fraction of sp³-hybridized carbons (Fsp3) is 0.353. The summed E-state index contributed by atoms with van der Waals surface area (Å²) < 4.78 is 1.78. The highest BCUT2D eigenvalue weighted by Crippen LogP contribution is 2.36. The molecule has 0 radical (unpaired) electrons. The van der Waals surface area contributed by atoms with Crippen LogP contribution in [0.5, 0.6) is 0 Å². The van der Waals surface area contributed by atoms with Crippen molar-refractivity contribution in [3.63, 3.8) is 0 Å². The molecule has 0 saturated heterocycles. The van der Waals surface area contributed by atoms with Crippen molar-refractivity contribution in [1.82, 2.24) is 9.78 Å². The number of aliphatic imine (C=N–C) groups is 1. The number of aromatic nitrogens is 2. The van der Waals surface area contributed by atoms with Gasteiger partial charge in [-0.25, -0.2) is 9.67 Å². The molecule has 4 rings (SSSR count). The lowest BCUT2D eigenvalue weighted by atomic mass is 10.0. The standard InChI is InChI=1S/C17H18N4O/c1-10-9-15(19-17(22)12-7-8-12)21(20-10)16-11(2)13-5-3-4-6-14(13)18-16/h3-6,9,11-12H,7-8H2,1-2H3,(H,19,22). The van der Waals surface area contributed by atoms with Crippen molar-refractivity contribution < 1.29 is 4.79 Å². The molecule has 1 atom stereocenters.